The summed E-state index contributed by atoms with van der Waals surface area (Å²) >= 11 is 0. The Bertz CT molecular complexity index is 2390. The fourth-order valence-electron chi connectivity index (χ4n) is 10.3. The van der Waals surface area contributed by atoms with Crippen molar-refractivity contribution in [3.8, 4) is 0 Å². The third-order valence-electron chi connectivity index (χ3n) is 14.3. The molecule has 3 saturated heterocycles. The molecule has 8 rings (SSSR count). The average molecular weight is 917 g/mol. The SMILES string of the molecule is CCc1cc2ncc(CN3CCN(c4ccc(C(=O)NCCCOC5CCN(C(=O)C(NC(=O)c6cccc(C7CCCN(C(=O)CN)C7)c6)C6CCCCC6)CC5)nc4)CC3)cc2[nH]c1=O. The zero-order valence-corrected chi connectivity index (χ0v) is 39.1. The lowest BCUT2D eigenvalue weighted by Crippen LogP contribution is -2.54. The number of aryl methyl sites for hydroxylation is 1. The summed E-state index contributed by atoms with van der Waals surface area (Å²) in [6.45, 7) is 9.50. The van der Waals surface area contributed by atoms with Gasteiger partial charge in [-0.3, -0.25) is 33.9 Å². The molecule has 16 heteroatoms. The monoisotopic (exact) mass is 917 g/mol. The van der Waals surface area contributed by atoms with Crippen LogP contribution in [-0.2, 0) is 27.3 Å². The van der Waals surface area contributed by atoms with Gasteiger partial charge in [0, 0.05) is 95.3 Å². The molecule has 3 aliphatic heterocycles. The smallest absolute Gasteiger partial charge is 0.269 e. The minimum atomic E-state index is -0.581. The Balaban J connectivity index is 0.739. The van der Waals surface area contributed by atoms with Gasteiger partial charge in [-0.25, -0.2) is 4.98 Å². The number of nitrogens with one attached hydrogen (secondary N) is 3. The zero-order valence-electron chi connectivity index (χ0n) is 39.1. The van der Waals surface area contributed by atoms with E-state index in [2.05, 4.69) is 35.4 Å². The second-order valence-corrected chi connectivity index (χ2v) is 18.8. The van der Waals surface area contributed by atoms with E-state index < -0.39 is 6.04 Å². The van der Waals surface area contributed by atoms with Gasteiger partial charge in [0.1, 0.15) is 11.7 Å². The summed E-state index contributed by atoms with van der Waals surface area (Å²) in [4.78, 5) is 86.0. The van der Waals surface area contributed by atoms with Crippen molar-refractivity contribution in [1.82, 2.24) is 40.3 Å². The number of likely N-dealkylation sites (tertiary alicyclic amines) is 2. The van der Waals surface area contributed by atoms with Crippen LogP contribution in [0.15, 0.2) is 65.7 Å². The summed E-state index contributed by atoms with van der Waals surface area (Å²) in [6.07, 6.45) is 13.4. The van der Waals surface area contributed by atoms with Crippen LogP contribution >= 0.6 is 0 Å². The van der Waals surface area contributed by atoms with E-state index in [0.29, 0.717) is 76.3 Å². The first-order valence-electron chi connectivity index (χ1n) is 24.7. The highest BCUT2D eigenvalue weighted by atomic mass is 16.5. The summed E-state index contributed by atoms with van der Waals surface area (Å²) < 4.78 is 6.21. The van der Waals surface area contributed by atoms with E-state index in [-0.39, 0.29) is 53.7 Å². The molecule has 0 radical (unpaired) electrons. The van der Waals surface area contributed by atoms with Crippen LogP contribution in [0.3, 0.4) is 0 Å². The maximum atomic E-state index is 14.2. The van der Waals surface area contributed by atoms with E-state index in [1.54, 1.807) is 18.3 Å². The molecule has 67 heavy (non-hydrogen) atoms. The number of amides is 4. The van der Waals surface area contributed by atoms with Crippen molar-refractivity contribution in [3.63, 3.8) is 0 Å². The first-order valence-corrected chi connectivity index (χ1v) is 24.7. The number of piperidine rings is 2. The molecule has 0 bridgehead atoms. The van der Waals surface area contributed by atoms with E-state index in [9.17, 15) is 24.0 Å². The minimum absolute atomic E-state index is 0.00409. The Morgan fingerprint density at radius 1 is 0.851 bits per heavy atom. The number of anilines is 1. The van der Waals surface area contributed by atoms with Crippen molar-refractivity contribution in [2.75, 3.05) is 77.0 Å². The number of carbonyl (C=O) groups excluding carboxylic acids is 4. The predicted octanol–water partition coefficient (Wildman–Crippen LogP) is 4.37. The lowest BCUT2D eigenvalue weighted by molar-refractivity contribution is -0.137. The van der Waals surface area contributed by atoms with Crippen LogP contribution in [-0.4, -0.2) is 137 Å². The molecule has 16 nitrogen and oxygen atoms in total. The summed E-state index contributed by atoms with van der Waals surface area (Å²) in [5.41, 5.74) is 11.9. The van der Waals surface area contributed by atoms with Gasteiger partial charge in [0.25, 0.3) is 17.4 Å². The maximum absolute atomic E-state index is 14.2. The van der Waals surface area contributed by atoms with Gasteiger partial charge in [0.2, 0.25) is 11.8 Å². The van der Waals surface area contributed by atoms with Crippen LogP contribution in [0.5, 0.6) is 0 Å². The number of piperazine rings is 1. The lowest BCUT2D eigenvalue weighted by Gasteiger charge is -2.37. The number of hydrogen-bond donors (Lipinski definition) is 4. The number of aromatic nitrogens is 3. The van der Waals surface area contributed by atoms with E-state index >= 15 is 0 Å². The molecule has 358 valence electrons. The normalized spacial score (nSPS) is 19.3. The topological polar surface area (TPSA) is 199 Å². The summed E-state index contributed by atoms with van der Waals surface area (Å²) in [6, 6.07) is 14.7. The molecule has 2 unspecified atom stereocenters. The lowest BCUT2D eigenvalue weighted by atomic mass is 9.83. The number of hydrogen-bond acceptors (Lipinski definition) is 11. The van der Waals surface area contributed by atoms with Gasteiger partial charge >= 0.3 is 0 Å². The summed E-state index contributed by atoms with van der Waals surface area (Å²) in [5, 5.41) is 6.16. The van der Waals surface area contributed by atoms with Crippen LogP contribution in [0.25, 0.3) is 11.0 Å². The molecule has 4 aliphatic rings. The van der Waals surface area contributed by atoms with Crippen LogP contribution < -0.4 is 26.8 Å². The number of H-pyrrole nitrogens is 1. The van der Waals surface area contributed by atoms with Crippen molar-refractivity contribution in [1.29, 1.82) is 0 Å². The van der Waals surface area contributed by atoms with Gasteiger partial charge in [-0.1, -0.05) is 38.3 Å². The zero-order chi connectivity index (χ0) is 46.7. The number of ether oxygens (including phenoxy) is 1. The van der Waals surface area contributed by atoms with Gasteiger partial charge in [0.15, 0.2) is 0 Å². The van der Waals surface area contributed by atoms with Crippen molar-refractivity contribution >= 4 is 40.3 Å². The first kappa shape index (κ1) is 47.8. The highest BCUT2D eigenvalue weighted by molar-refractivity contribution is 5.98. The number of aromatic amines is 1. The number of pyridine rings is 3. The first-order chi connectivity index (χ1) is 32.6. The van der Waals surface area contributed by atoms with Crippen molar-refractivity contribution in [2.45, 2.75) is 102 Å². The number of fused-ring (bicyclic) bond motifs is 1. The quantitative estimate of drug-likeness (QED) is 0.117. The van der Waals surface area contributed by atoms with Gasteiger partial charge in [-0.05, 0) is 105 Å². The van der Waals surface area contributed by atoms with Crippen molar-refractivity contribution in [2.24, 2.45) is 11.7 Å². The Kier molecular flexibility index (Phi) is 16.3. The van der Waals surface area contributed by atoms with E-state index in [1.807, 2.05) is 59.3 Å². The fraction of sp³-hybridized carbons (Fsp3) is 0.549. The number of carbonyl (C=O) groups is 4. The average Bonchev–Trinajstić information content (AvgIpc) is 3.37. The molecule has 1 aromatic carbocycles. The molecule has 1 saturated carbocycles. The molecule has 4 fully saturated rings. The van der Waals surface area contributed by atoms with Crippen LogP contribution in [0.2, 0.25) is 0 Å². The molecular weight excluding hydrogens is 849 g/mol. The van der Waals surface area contributed by atoms with Gasteiger partial charge < -0.3 is 40.8 Å². The van der Waals surface area contributed by atoms with Gasteiger partial charge in [0.05, 0.1) is 35.6 Å². The standard InChI is InChI=1S/C51H68N10O6/c1-2-36-29-44-45(56-48(36)63)27-35(31-54-44)33-58-22-24-59(25-23-58)41-14-15-43(55-32-41)50(65)53-18-8-26-67-42-16-20-60(21-17-42)51(66)47(37-9-4-3-5-10-37)57-49(64)39-12-6-11-38(28-39)40-13-7-19-61(34-40)46(62)30-52/h6,11-12,14-15,27-29,31-32,37,40,42,47H,2-5,7-10,13,16-26,30,33-34,52H2,1H3,(H,53,65)(H,56,63)(H,57,64). The largest absolute Gasteiger partial charge is 0.378 e. The van der Waals surface area contributed by atoms with Crippen LogP contribution in [0, 0.1) is 5.92 Å². The van der Waals surface area contributed by atoms with Gasteiger partial charge in [-0.2, -0.15) is 0 Å². The molecule has 2 atom stereocenters. The number of nitrogens with two attached hydrogens (primary N) is 1. The van der Waals surface area contributed by atoms with Crippen molar-refractivity contribution < 1.29 is 23.9 Å². The number of benzene rings is 1. The van der Waals surface area contributed by atoms with Crippen LogP contribution in [0.4, 0.5) is 5.69 Å². The molecule has 5 N–H and O–H groups in total. The summed E-state index contributed by atoms with van der Waals surface area (Å²) in [5.74, 6) is -0.291. The minimum Gasteiger partial charge on any atom is -0.378 e. The third-order valence-corrected chi connectivity index (χ3v) is 14.3. The Morgan fingerprint density at radius 3 is 2.40 bits per heavy atom. The fourth-order valence-corrected chi connectivity index (χ4v) is 10.3. The summed E-state index contributed by atoms with van der Waals surface area (Å²) in [7, 11) is 0. The van der Waals surface area contributed by atoms with E-state index in [1.165, 1.54) is 0 Å². The van der Waals surface area contributed by atoms with E-state index in [4.69, 9.17) is 10.5 Å². The number of rotatable bonds is 16. The molecule has 0 spiro atoms. The second-order valence-electron chi connectivity index (χ2n) is 18.8. The number of nitrogens with zero attached hydrogens (tertiary/aromatic N) is 6. The third kappa shape index (κ3) is 12.3. The molecule has 6 heterocycles. The van der Waals surface area contributed by atoms with E-state index in [0.717, 1.165) is 111 Å². The molecular formula is C51H68N10O6. The molecule has 1 aliphatic carbocycles. The highest BCUT2D eigenvalue weighted by Crippen LogP contribution is 2.30. The molecule has 4 amide bonds. The molecule has 4 aromatic rings. The highest BCUT2D eigenvalue weighted by Gasteiger charge is 2.36. The van der Waals surface area contributed by atoms with Gasteiger partial charge in [-0.15, -0.1) is 0 Å². The van der Waals surface area contributed by atoms with Crippen LogP contribution in [0.1, 0.15) is 115 Å². The Morgan fingerprint density at radius 2 is 1.66 bits per heavy atom. The Hall–Kier alpha value is -5.71. The maximum Gasteiger partial charge on any atom is 0.269 e. The second kappa shape index (κ2) is 22.9. The molecule has 3 aromatic heterocycles. The Labute approximate surface area is 393 Å². The van der Waals surface area contributed by atoms with Crippen molar-refractivity contribution in [3.05, 3.63) is 99.2 Å². The predicted molar refractivity (Wildman–Crippen MR) is 258 cm³/mol.